The average molecular weight is 658 g/mol. The molecule has 0 aliphatic rings. The summed E-state index contributed by atoms with van der Waals surface area (Å²) in [4.78, 5) is 0. The van der Waals surface area contributed by atoms with E-state index in [1.54, 1.807) is 0 Å². The summed E-state index contributed by atoms with van der Waals surface area (Å²) in [6.45, 7) is 18.6. The first kappa shape index (κ1) is 36.1. The second kappa shape index (κ2) is 17.3. The molecular weight excluding hydrogens is 611 g/mol. The van der Waals surface area contributed by atoms with Crippen LogP contribution in [0.4, 0.5) is 22.7 Å². The van der Waals surface area contributed by atoms with Gasteiger partial charge in [-0.2, -0.15) is 0 Å². The topological polar surface area (TPSA) is 37.4 Å². The van der Waals surface area contributed by atoms with Crippen molar-refractivity contribution in [2.45, 2.75) is 55.4 Å². The van der Waals surface area contributed by atoms with E-state index in [1.165, 1.54) is 49.3 Å². The first-order valence-electron chi connectivity index (χ1n) is 15.5. The van der Waals surface area contributed by atoms with Crippen molar-refractivity contribution in [2.24, 2.45) is 0 Å². The molecule has 0 heterocycles. The summed E-state index contributed by atoms with van der Waals surface area (Å²) in [5.41, 5.74) is 11.5. The van der Waals surface area contributed by atoms with Crippen molar-refractivity contribution in [1.29, 1.82) is 0 Å². The second-order valence-electron chi connectivity index (χ2n) is 11.3. The summed E-state index contributed by atoms with van der Waals surface area (Å²) >= 11 is 0. The number of hydrogen-bond acceptors (Lipinski definition) is 1. The van der Waals surface area contributed by atoms with Gasteiger partial charge in [0.15, 0.2) is 0 Å². The van der Waals surface area contributed by atoms with Crippen molar-refractivity contribution < 1.29 is 21.8 Å². The van der Waals surface area contributed by atoms with Crippen LogP contribution >= 0.6 is 7.92 Å². The predicted molar refractivity (Wildman–Crippen MR) is 195 cm³/mol. The molecule has 0 saturated heterocycles. The summed E-state index contributed by atoms with van der Waals surface area (Å²) < 4.78 is 4.83. The molecule has 0 atom stereocenters. The first-order valence-corrected chi connectivity index (χ1v) is 17.0. The fourth-order valence-corrected chi connectivity index (χ4v) is 8.52. The van der Waals surface area contributed by atoms with E-state index >= 15 is 0 Å². The van der Waals surface area contributed by atoms with E-state index in [9.17, 15) is 0 Å². The third-order valence-electron chi connectivity index (χ3n) is 7.55. The fraction of sp³-hybridized carbons (Fsp3) is 0.250. The zero-order valence-electron chi connectivity index (χ0n) is 27.9. The number of benzene rings is 5. The first-order chi connectivity index (χ1) is 21.2. The van der Waals surface area contributed by atoms with Crippen LogP contribution in [0.1, 0.15) is 47.2 Å². The van der Waals surface area contributed by atoms with Crippen molar-refractivity contribution in [3.63, 3.8) is 0 Å². The minimum absolute atomic E-state index is 0. The summed E-state index contributed by atoms with van der Waals surface area (Å²) in [7, 11) is -1.43. The molecule has 5 aromatic rings. The van der Waals surface area contributed by atoms with Crippen molar-refractivity contribution in [3.8, 4) is 0 Å². The Labute approximate surface area is 283 Å². The molecule has 3 nitrogen and oxygen atoms in total. The molecule has 0 saturated carbocycles. The Kier molecular flexibility index (Phi) is 13.9. The van der Waals surface area contributed by atoms with Crippen LogP contribution in [0, 0.1) is 41.5 Å². The van der Waals surface area contributed by atoms with Gasteiger partial charge in [-0.3, -0.25) is 0 Å². The zero-order valence-corrected chi connectivity index (χ0v) is 30.0. The SMILES string of the molecule is CCOCC.Cc1cc(C)c([N-]c2ccccc2[PH+](c2ccccc2)c2ccccc2[N-]c2c(C)cc(C)cc2C)c(C)c1.[Fe+2]. The van der Waals surface area contributed by atoms with Crippen LogP contribution in [0.25, 0.3) is 10.6 Å². The Bertz CT molecular complexity index is 1530. The van der Waals surface area contributed by atoms with E-state index < -0.39 is 7.92 Å². The van der Waals surface area contributed by atoms with Gasteiger partial charge < -0.3 is 15.4 Å². The van der Waals surface area contributed by atoms with Gasteiger partial charge in [-0.1, -0.05) is 124 Å². The molecule has 0 spiro atoms. The molecule has 0 aromatic heterocycles. The molecule has 5 rings (SSSR count). The molecule has 0 fully saturated rings. The van der Waals surface area contributed by atoms with Gasteiger partial charge in [0.25, 0.3) is 0 Å². The second-order valence-corrected chi connectivity index (χ2v) is 13.7. The van der Waals surface area contributed by atoms with E-state index in [1.807, 2.05) is 13.8 Å². The number of ether oxygens (including phenoxy) is 1. The van der Waals surface area contributed by atoms with Gasteiger partial charge in [-0.05, 0) is 79.7 Å². The molecule has 5 aromatic carbocycles. The quantitative estimate of drug-likeness (QED) is 0.115. The molecule has 5 heteroatoms. The van der Waals surface area contributed by atoms with E-state index in [0.29, 0.717) is 0 Å². The van der Waals surface area contributed by atoms with Gasteiger partial charge in [0.1, 0.15) is 5.30 Å². The fourth-order valence-electron chi connectivity index (χ4n) is 5.77. The Balaban J connectivity index is 0.000000854. The Morgan fingerprint density at radius 3 is 1.22 bits per heavy atom. The molecule has 0 radical (unpaired) electrons. The largest absolute Gasteiger partial charge is 2.00 e. The van der Waals surface area contributed by atoms with Crippen molar-refractivity contribution in [2.75, 3.05) is 13.2 Å². The molecule has 0 bridgehead atoms. The molecule has 45 heavy (non-hydrogen) atoms. The van der Waals surface area contributed by atoms with E-state index in [-0.39, 0.29) is 17.1 Å². The predicted octanol–water partition coefficient (Wildman–Crippen LogP) is 10.7. The molecule has 0 aliphatic heterocycles. The van der Waals surface area contributed by atoms with Crippen molar-refractivity contribution in [3.05, 3.63) is 147 Å². The zero-order chi connectivity index (χ0) is 31.6. The number of aryl methyl sites for hydroxylation is 6. The number of hydrogen-bond donors (Lipinski definition) is 0. The molecule has 234 valence electrons. The molecule has 0 unspecified atom stereocenters. The van der Waals surface area contributed by atoms with E-state index in [0.717, 1.165) is 36.0 Å². The summed E-state index contributed by atoms with van der Waals surface area (Å²) in [5, 5.41) is 14.5. The van der Waals surface area contributed by atoms with E-state index in [4.69, 9.17) is 15.4 Å². The van der Waals surface area contributed by atoms with Crippen LogP contribution < -0.4 is 15.9 Å². The van der Waals surface area contributed by atoms with Crippen LogP contribution in [0.3, 0.4) is 0 Å². The van der Waals surface area contributed by atoms with Crippen LogP contribution in [-0.4, -0.2) is 13.2 Å². The summed E-state index contributed by atoms with van der Waals surface area (Å²) in [6.07, 6.45) is 0. The normalized spacial score (nSPS) is 10.5. The van der Waals surface area contributed by atoms with Crippen LogP contribution in [0.15, 0.2) is 103 Å². The smallest absolute Gasteiger partial charge is 0.654 e. The van der Waals surface area contributed by atoms with Gasteiger partial charge in [0, 0.05) is 13.2 Å². The number of para-hydroxylation sites is 2. The van der Waals surface area contributed by atoms with Gasteiger partial charge >= 0.3 is 17.1 Å². The Hall–Kier alpha value is -3.39. The van der Waals surface area contributed by atoms with Gasteiger partial charge in [-0.15, -0.1) is 11.4 Å². The molecule has 0 aliphatic carbocycles. The van der Waals surface area contributed by atoms with Gasteiger partial charge in [-0.25, -0.2) is 0 Å². The standard InChI is InChI=1S/C36H35N2P.C4H10O.Fe/c1-24-20-26(3)35(27(4)21-24)37-31-16-10-12-18-33(31)39(30-14-8-7-9-15-30)34-19-13-11-17-32(34)38-36-28(5)22-25(2)23-29(36)6;1-3-5-4-2;/h7-23H,1-6H3;3-4H2,1-2H3;/q-2;;+2/p+1. The molecule has 0 amide bonds. The third-order valence-corrected chi connectivity index (χ3v) is 10.4. The Morgan fingerprint density at radius 2 is 0.867 bits per heavy atom. The van der Waals surface area contributed by atoms with Gasteiger partial charge in [0.2, 0.25) is 0 Å². The van der Waals surface area contributed by atoms with Crippen molar-refractivity contribution in [1.82, 2.24) is 0 Å². The van der Waals surface area contributed by atoms with Gasteiger partial charge in [0.05, 0.1) is 18.5 Å². The van der Waals surface area contributed by atoms with Crippen molar-refractivity contribution >= 4 is 46.6 Å². The summed E-state index contributed by atoms with van der Waals surface area (Å²) in [5.74, 6) is 0. The molecular formula is C40H46FeN2OP+. The van der Waals surface area contributed by atoms with E-state index in [2.05, 4.69) is 145 Å². The number of nitrogens with zero attached hydrogens (tertiary/aromatic N) is 2. The van der Waals surface area contributed by atoms with Crippen LogP contribution in [0.2, 0.25) is 0 Å². The average Bonchev–Trinajstić information content (AvgIpc) is 2.99. The van der Waals surface area contributed by atoms with Crippen LogP contribution in [0.5, 0.6) is 0 Å². The maximum atomic E-state index is 5.30. The third kappa shape index (κ3) is 9.32. The monoisotopic (exact) mass is 657 g/mol. The van der Waals surface area contributed by atoms with Crippen LogP contribution in [-0.2, 0) is 21.8 Å². The maximum Gasteiger partial charge on any atom is 2.00 e. The molecule has 0 N–H and O–H groups in total. The Morgan fingerprint density at radius 1 is 0.511 bits per heavy atom. The minimum Gasteiger partial charge on any atom is -0.654 e. The number of rotatable bonds is 9. The maximum absolute atomic E-state index is 5.30. The minimum atomic E-state index is -1.43. The summed E-state index contributed by atoms with van der Waals surface area (Å²) in [6, 6.07) is 37.1.